The summed E-state index contributed by atoms with van der Waals surface area (Å²) >= 11 is 6.62. The standard InChI is InChI=1S/C9H7ClN4OS/c1-5-2-3-11-4-6(5)12-7(15)8-13-14-9(10)16-8/h2-4H,1H3,(H,12,15). The minimum atomic E-state index is -0.333. The van der Waals surface area contributed by atoms with Crippen molar-refractivity contribution < 1.29 is 4.79 Å². The highest BCUT2D eigenvalue weighted by atomic mass is 35.5. The summed E-state index contributed by atoms with van der Waals surface area (Å²) in [7, 11) is 0. The summed E-state index contributed by atoms with van der Waals surface area (Å²) in [6.07, 6.45) is 3.24. The van der Waals surface area contributed by atoms with Gasteiger partial charge in [0.2, 0.25) is 9.47 Å². The van der Waals surface area contributed by atoms with Gasteiger partial charge in [-0.15, -0.1) is 10.2 Å². The Bertz CT molecular complexity index is 528. The van der Waals surface area contributed by atoms with Gasteiger partial charge in [-0.1, -0.05) is 11.3 Å². The number of nitrogens with zero attached hydrogens (tertiary/aromatic N) is 3. The SMILES string of the molecule is Cc1ccncc1NC(=O)c1nnc(Cl)s1. The minimum absolute atomic E-state index is 0.230. The summed E-state index contributed by atoms with van der Waals surface area (Å²) in [6, 6.07) is 1.81. The molecule has 2 aromatic rings. The van der Waals surface area contributed by atoms with E-state index < -0.39 is 0 Å². The molecule has 0 saturated carbocycles. The Hall–Kier alpha value is -1.53. The largest absolute Gasteiger partial charge is 0.318 e. The second-order valence-corrected chi connectivity index (χ2v) is 4.56. The van der Waals surface area contributed by atoms with Crippen molar-refractivity contribution in [3.8, 4) is 0 Å². The Balaban J connectivity index is 2.17. The predicted molar refractivity (Wildman–Crippen MR) is 61.8 cm³/mol. The van der Waals surface area contributed by atoms with Gasteiger partial charge in [0, 0.05) is 6.20 Å². The van der Waals surface area contributed by atoms with Gasteiger partial charge >= 0.3 is 0 Å². The first-order valence-electron chi connectivity index (χ1n) is 4.38. The van der Waals surface area contributed by atoms with Gasteiger partial charge < -0.3 is 5.32 Å². The molecule has 0 saturated heterocycles. The van der Waals surface area contributed by atoms with Crippen molar-refractivity contribution in [3.63, 3.8) is 0 Å². The highest BCUT2D eigenvalue weighted by Gasteiger charge is 2.12. The number of carbonyl (C=O) groups is 1. The van der Waals surface area contributed by atoms with Crippen molar-refractivity contribution in [1.29, 1.82) is 0 Å². The third kappa shape index (κ3) is 2.34. The molecule has 2 rings (SSSR count). The summed E-state index contributed by atoms with van der Waals surface area (Å²) in [5, 5.41) is 10.1. The van der Waals surface area contributed by atoms with E-state index in [1.165, 1.54) is 0 Å². The van der Waals surface area contributed by atoms with Crippen LogP contribution in [0.25, 0.3) is 0 Å². The molecule has 2 aromatic heterocycles. The maximum Gasteiger partial charge on any atom is 0.286 e. The van der Waals surface area contributed by atoms with E-state index in [9.17, 15) is 4.79 Å². The normalized spacial score (nSPS) is 10.1. The third-order valence-electron chi connectivity index (χ3n) is 1.88. The molecule has 0 aliphatic rings. The first-order chi connectivity index (χ1) is 7.66. The van der Waals surface area contributed by atoms with Crippen LogP contribution in [-0.2, 0) is 0 Å². The zero-order valence-electron chi connectivity index (χ0n) is 8.27. The zero-order valence-corrected chi connectivity index (χ0v) is 9.84. The maximum absolute atomic E-state index is 11.7. The molecule has 0 fully saturated rings. The van der Waals surface area contributed by atoms with Crippen molar-refractivity contribution in [1.82, 2.24) is 15.2 Å². The van der Waals surface area contributed by atoms with Crippen LogP contribution in [0.3, 0.4) is 0 Å². The number of amides is 1. The Morgan fingerprint density at radius 3 is 2.94 bits per heavy atom. The van der Waals surface area contributed by atoms with Crippen LogP contribution in [0.2, 0.25) is 4.47 Å². The maximum atomic E-state index is 11.7. The average molecular weight is 255 g/mol. The lowest BCUT2D eigenvalue weighted by Crippen LogP contribution is -2.12. The number of anilines is 1. The summed E-state index contributed by atoms with van der Waals surface area (Å²) in [4.78, 5) is 15.6. The number of hydrogen-bond acceptors (Lipinski definition) is 5. The summed E-state index contributed by atoms with van der Waals surface area (Å²) < 4.78 is 0.244. The fraction of sp³-hybridized carbons (Fsp3) is 0.111. The Morgan fingerprint density at radius 1 is 1.50 bits per heavy atom. The molecule has 0 aromatic carbocycles. The third-order valence-corrected chi connectivity index (χ3v) is 2.90. The smallest absolute Gasteiger partial charge is 0.286 e. The molecule has 0 aliphatic carbocycles. The van der Waals surface area contributed by atoms with Crippen LogP contribution >= 0.6 is 22.9 Å². The topological polar surface area (TPSA) is 67.8 Å². The molecule has 0 aliphatic heterocycles. The first-order valence-corrected chi connectivity index (χ1v) is 5.57. The number of nitrogens with one attached hydrogen (secondary N) is 1. The van der Waals surface area contributed by atoms with Crippen LogP contribution in [0, 0.1) is 6.92 Å². The van der Waals surface area contributed by atoms with Crippen LogP contribution in [0.15, 0.2) is 18.5 Å². The number of hydrogen-bond donors (Lipinski definition) is 1. The quantitative estimate of drug-likeness (QED) is 0.892. The predicted octanol–water partition coefficient (Wildman–Crippen LogP) is 2.15. The van der Waals surface area contributed by atoms with Gasteiger partial charge in [-0.2, -0.15) is 0 Å². The van der Waals surface area contributed by atoms with E-state index in [2.05, 4.69) is 20.5 Å². The summed E-state index contributed by atoms with van der Waals surface area (Å²) in [5.41, 5.74) is 1.58. The van der Waals surface area contributed by atoms with Gasteiger partial charge in [-0.25, -0.2) is 0 Å². The molecule has 0 bridgehead atoms. The van der Waals surface area contributed by atoms with Gasteiger partial charge in [0.15, 0.2) is 0 Å². The molecule has 16 heavy (non-hydrogen) atoms. The first kappa shape index (κ1) is 11.0. The van der Waals surface area contributed by atoms with E-state index in [1.54, 1.807) is 12.4 Å². The number of halogens is 1. The number of rotatable bonds is 2. The molecule has 1 amide bonds. The van der Waals surface area contributed by atoms with E-state index in [-0.39, 0.29) is 15.4 Å². The van der Waals surface area contributed by atoms with Gasteiger partial charge in [0.05, 0.1) is 11.9 Å². The molecular formula is C9H7ClN4OS. The average Bonchev–Trinajstić information content (AvgIpc) is 2.68. The van der Waals surface area contributed by atoms with Crippen molar-refractivity contribution in [2.75, 3.05) is 5.32 Å². The molecule has 0 spiro atoms. The minimum Gasteiger partial charge on any atom is -0.318 e. The molecule has 7 heteroatoms. The second-order valence-electron chi connectivity index (χ2n) is 3.00. The van der Waals surface area contributed by atoms with Crippen molar-refractivity contribution >= 4 is 34.5 Å². The molecule has 0 atom stereocenters. The molecule has 5 nitrogen and oxygen atoms in total. The molecule has 2 heterocycles. The van der Waals surface area contributed by atoms with E-state index in [4.69, 9.17) is 11.6 Å². The van der Waals surface area contributed by atoms with Gasteiger partial charge in [0.25, 0.3) is 5.91 Å². The second kappa shape index (κ2) is 4.54. The van der Waals surface area contributed by atoms with Crippen LogP contribution in [0.5, 0.6) is 0 Å². The van der Waals surface area contributed by atoms with E-state index in [0.717, 1.165) is 16.9 Å². The molecule has 0 radical (unpaired) electrons. The van der Waals surface area contributed by atoms with E-state index in [1.807, 2.05) is 13.0 Å². The summed E-state index contributed by atoms with van der Waals surface area (Å²) in [6.45, 7) is 1.88. The number of carbonyl (C=O) groups excluding carboxylic acids is 1. The number of aryl methyl sites for hydroxylation is 1. The van der Waals surface area contributed by atoms with Crippen LogP contribution in [0.4, 0.5) is 5.69 Å². The highest BCUT2D eigenvalue weighted by Crippen LogP contribution is 2.17. The van der Waals surface area contributed by atoms with Crippen molar-refractivity contribution in [2.24, 2.45) is 0 Å². The molecular weight excluding hydrogens is 248 g/mol. The monoisotopic (exact) mass is 254 g/mol. The Labute approximate surface area is 101 Å². The Morgan fingerprint density at radius 2 is 2.31 bits per heavy atom. The fourth-order valence-corrected chi connectivity index (χ4v) is 1.79. The number of aromatic nitrogens is 3. The van der Waals surface area contributed by atoms with Gasteiger partial charge in [-0.05, 0) is 30.2 Å². The summed E-state index contributed by atoms with van der Waals surface area (Å²) in [5.74, 6) is -0.333. The molecule has 1 N–H and O–H groups in total. The van der Waals surface area contributed by atoms with Crippen LogP contribution < -0.4 is 5.32 Å². The lowest BCUT2D eigenvalue weighted by Gasteiger charge is -2.04. The highest BCUT2D eigenvalue weighted by molar-refractivity contribution is 7.17. The lowest BCUT2D eigenvalue weighted by atomic mass is 10.2. The molecule has 0 unspecified atom stereocenters. The van der Waals surface area contributed by atoms with Crippen LogP contribution in [0.1, 0.15) is 15.4 Å². The van der Waals surface area contributed by atoms with Crippen LogP contribution in [-0.4, -0.2) is 21.1 Å². The zero-order chi connectivity index (χ0) is 11.5. The molecule has 82 valence electrons. The van der Waals surface area contributed by atoms with E-state index >= 15 is 0 Å². The van der Waals surface area contributed by atoms with Crippen molar-refractivity contribution in [2.45, 2.75) is 6.92 Å². The van der Waals surface area contributed by atoms with Gasteiger partial charge in [0.1, 0.15) is 0 Å². The van der Waals surface area contributed by atoms with Crippen molar-refractivity contribution in [3.05, 3.63) is 33.5 Å². The van der Waals surface area contributed by atoms with Gasteiger partial charge in [-0.3, -0.25) is 9.78 Å². The fourth-order valence-electron chi connectivity index (χ4n) is 1.07. The number of pyridine rings is 1. The van der Waals surface area contributed by atoms with E-state index in [0.29, 0.717) is 5.69 Å². The lowest BCUT2D eigenvalue weighted by molar-refractivity contribution is 0.102. The Kier molecular flexibility index (Phi) is 3.12.